The van der Waals surface area contributed by atoms with Crippen LogP contribution in [0.25, 0.3) is 0 Å². The largest absolute Gasteiger partial charge is 0.495 e. The smallest absolute Gasteiger partial charge is 0.244 e. The summed E-state index contributed by atoms with van der Waals surface area (Å²) in [6.45, 7) is 5.84. The average molecular weight is 311 g/mol. The zero-order valence-electron chi connectivity index (χ0n) is 12.9. The van der Waals surface area contributed by atoms with Gasteiger partial charge in [0.15, 0.2) is 0 Å². The normalized spacial score (nSPS) is 17.4. The lowest BCUT2D eigenvalue weighted by Gasteiger charge is -2.32. The van der Waals surface area contributed by atoms with Gasteiger partial charge in [-0.25, -0.2) is 0 Å². The van der Waals surface area contributed by atoms with Crippen molar-refractivity contribution in [3.63, 3.8) is 0 Å². The number of anilines is 1. The summed E-state index contributed by atoms with van der Waals surface area (Å²) in [5.41, 5.74) is 0.826. The lowest BCUT2D eigenvalue weighted by molar-refractivity contribution is -0.132. The molecular weight excluding hydrogens is 288 g/mol. The third kappa shape index (κ3) is 4.03. The van der Waals surface area contributed by atoms with Gasteiger partial charge in [-0.2, -0.15) is 0 Å². The highest BCUT2D eigenvalue weighted by Crippen LogP contribution is 2.27. The molecule has 1 heterocycles. The van der Waals surface area contributed by atoms with Gasteiger partial charge in [0.05, 0.1) is 12.1 Å². The van der Waals surface area contributed by atoms with E-state index in [-0.39, 0.29) is 11.9 Å². The summed E-state index contributed by atoms with van der Waals surface area (Å²) >= 11 is 6.10. The number of nitrogens with zero attached hydrogens (tertiary/aromatic N) is 1. The minimum Gasteiger partial charge on any atom is -0.495 e. The molecule has 1 aromatic carbocycles. The molecule has 1 aliphatic heterocycles. The first-order valence-corrected chi connectivity index (χ1v) is 7.78. The van der Waals surface area contributed by atoms with Gasteiger partial charge in [-0.15, -0.1) is 0 Å². The summed E-state index contributed by atoms with van der Waals surface area (Å²) in [5.74, 6) is 1.50. The number of amides is 1. The molecule has 21 heavy (non-hydrogen) atoms. The number of carbonyl (C=O) groups is 1. The van der Waals surface area contributed by atoms with Crippen LogP contribution in [0.3, 0.4) is 0 Å². The minimum absolute atomic E-state index is 0.147. The van der Waals surface area contributed by atoms with E-state index in [1.165, 1.54) is 0 Å². The molecule has 4 nitrogen and oxygen atoms in total. The molecule has 1 aliphatic rings. The van der Waals surface area contributed by atoms with E-state index in [1.807, 2.05) is 17.9 Å². The number of piperidine rings is 1. The lowest BCUT2D eigenvalue weighted by atomic mass is 9.99. The first kappa shape index (κ1) is 16.0. The fourth-order valence-corrected chi connectivity index (χ4v) is 2.83. The highest BCUT2D eigenvalue weighted by molar-refractivity contribution is 6.32. The van der Waals surface area contributed by atoms with E-state index in [4.69, 9.17) is 16.3 Å². The van der Waals surface area contributed by atoms with Crippen molar-refractivity contribution in [2.75, 3.05) is 25.5 Å². The molecule has 0 saturated carbocycles. The molecule has 1 atom stereocenters. The number of hydrogen-bond acceptors (Lipinski definition) is 3. The Hall–Kier alpha value is -1.42. The topological polar surface area (TPSA) is 41.6 Å². The molecule has 0 bridgehead atoms. The Morgan fingerprint density at radius 3 is 2.67 bits per heavy atom. The Morgan fingerprint density at radius 2 is 2.10 bits per heavy atom. The van der Waals surface area contributed by atoms with E-state index < -0.39 is 0 Å². The van der Waals surface area contributed by atoms with Crippen molar-refractivity contribution in [3.8, 4) is 5.75 Å². The summed E-state index contributed by atoms with van der Waals surface area (Å²) in [6, 6.07) is 5.18. The standard InChI is InChI=1S/C16H23ClN2O2/c1-11-6-8-19(9-7-11)16(20)12(2)18-13-4-5-15(21-3)14(17)10-13/h4-5,10-12,18H,6-9H2,1-3H3. The maximum absolute atomic E-state index is 12.4. The summed E-state index contributed by atoms with van der Waals surface area (Å²) < 4.78 is 5.12. The SMILES string of the molecule is COc1ccc(NC(C)C(=O)N2CCC(C)CC2)cc1Cl. The van der Waals surface area contributed by atoms with Gasteiger partial charge in [0.2, 0.25) is 5.91 Å². The van der Waals surface area contributed by atoms with Gasteiger partial charge in [-0.1, -0.05) is 18.5 Å². The van der Waals surface area contributed by atoms with Crippen molar-refractivity contribution in [2.45, 2.75) is 32.7 Å². The number of hydrogen-bond donors (Lipinski definition) is 1. The third-order valence-electron chi connectivity index (χ3n) is 4.00. The molecule has 1 saturated heterocycles. The molecule has 1 N–H and O–H groups in total. The molecule has 1 unspecified atom stereocenters. The summed E-state index contributed by atoms with van der Waals surface area (Å²) in [4.78, 5) is 14.4. The van der Waals surface area contributed by atoms with Crippen molar-refractivity contribution < 1.29 is 9.53 Å². The van der Waals surface area contributed by atoms with Crippen LogP contribution in [0.2, 0.25) is 5.02 Å². The second-order valence-electron chi connectivity index (χ2n) is 5.72. The predicted molar refractivity (Wildman–Crippen MR) is 86.1 cm³/mol. The van der Waals surface area contributed by atoms with E-state index in [9.17, 15) is 4.79 Å². The summed E-state index contributed by atoms with van der Waals surface area (Å²) in [6.07, 6.45) is 2.18. The third-order valence-corrected chi connectivity index (χ3v) is 4.30. The second-order valence-corrected chi connectivity index (χ2v) is 6.13. The Balaban J connectivity index is 1.95. The van der Waals surface area contributed by atoms with E-state index >= 15 is 0 Å². The molecular formula is C16H23ClN2O2. The van der Waals surface area contributed by atoms with Crippen LogP contribution in [0.5, 0.6) is 5.75 Å². The van der Waals surface area contributed by atoms with Crippen LogP contribution < -0.4 is 10.1 Å². The van der Waals surface area contributed by atoms with E-state index in [1.54, 1.807) is 19.2 Å². The van der Waals surface area contributed by atoms with Gasteiger partial charge in [0, 0.05) is 18.8 Å². The molecule has 1 fully saturated rings. The number of halogens is 1. The van der Waals surface area contributed by atoms with Crippen molar-refractivity contribution in [1.29, 1.82) is 0 Å². The first-order chi connectivity index (χ1) is 10.0. The van der Waals surface area contributed by atoms with Crippen LogP contribution in [0, 0.1) is 5.92 Å². The van der Waals surface area contributed by atoms with E-state index in [0.717, 1.165) is 37.5 Å². The molecule has 0 aliphatic carbocycles. The molecule has 0 radical (unpaired) electrons. The van der Waals surface area contributed by atoms with Crippen LogP contribution >= 0.6 is 11.6 Å². The van der Waals surface area contributed by atoms with Crippen LogP contribution in [0.1, 0.15) is 26.7 Å². The van der Waals surface area contributed by atoms with Crippen molar-refractivity contribution in [3.05, 3.63) is 23.2 Å². The number of nitrogens with one attached hydrogen (secondary N) is 1. The predicted octanol–water partition coefficient (Wildman–Crippen LogP) is 3.41. The molecule has 0 spiro atoms. The molecule has 5 heteroatoms. The zero-order chi connectivity index (χ0) is 15.4. The van der Waals surface area contributed by atoms with Gasteiger partial charge < -0.3 is 15.0 Å². The van der Waals surface area contributed by atoms with Gasteiger partial charge in [-0.3, -0.25) is 4.79 Å². The number of rotatable bonds is 4. The molecule has 0 aromatic heterocycles. The summed E-state index contributed by atoms with van der Waals surface area (Å²) in [5, 5.41) is 3.75. The quantitative estimate of drug-likeness (QED) is 0.926. The van der Waals surface area contributed by atoms with Gasteiger partial charge in [-0.05, 0) is 43.9 Å². The van der Waals surface area contributed by atoms with Gasteiger partial charge in [0.1, 0.15) is 11.8 Å². The molecule has 1 aromatic rings. The van der Waals surface area contributed by atoms with Crippen molar-refractivity contribution >= 4 is 23.2 Å². The number of likely N-dealkylation sites (tertiary alicyclic amines) is 1. The van der Waals surface area contributed by atoms with E-state index in [0.29, 0.717) is 10.8 Å². The zero-order valence-corrected chi connectivity index (χ0v) is 13.6. The number of benzene rings is 1. The molecule has 116 valence electrons. The van der Waals surface area contributed by atoms with Gasteiger partial charge >= 0.3 is 0 Å². The fourth-order valence-electron chi connectivity index (χ4n) is 2.57. The Labute approximate surface area is 131 Å². The highest BCUT2D eigenvalue weighted by Gasteiger charge is 2.24. The monoisotopic (exact) mass is 310 g/mol. The van der Waals surface area contributed by atoms with E-state index in [2.05, 4.69) is 12.2 Å². The van der Waals surface area contributed by atoms with Crippen LogP contribution in [0.4, 0.5) is 5.69 Å². The van der Waals surface area contributed by atoms with Gasteiger partial charge in [0.25, 0.3) is 0 Å². The Kier molecular flexibility index (Phi) is 5.34. The maximum Gasteiger partial charge on any atom is 0.244 e. The Morgan fingerprint density at radius 1 is 1.43 bits per heavy atom. The lowest BCUT2D eigenvalue weighted by Crippen LogP contribution is -2.45. The average Bonchev–Trinajstić information content (AvgIpc) is 2.47. The number of ether oxygens (including phenoxy) is 1. The van der Waals surface area contributed by atoms with Crippen LogP contribution in [-0.4, -0.2) is 37.0 Å². The number of methoxy groups -OCH3 is 1. The van der Waals surface area contributed by atoms with Crippen LogP contribution in [-0.2, 0) is 4.79 Å². The minimum atomic E-state index is -0.261. The number of carbonyl (C=O) groups excluding carboxylic acids is 1. The highest BCUT2D eigenvalue weighted by atomic mass is 35.5. The maximum atomic E-state index is 12.4. The first-order valence-electron chi connectivity index (χ1n) is 7.40. The van der Waals surface area contributed by atoms with Crippen LogP contribution in [0.15, 0.2) is 18.2 Å². The second kappa shape index (κ2) is 7.03. The fraction of sp³-hybridized carbons (Fsp3) is 0.562. The summed E-state index contributed by atoms with van der Waals surface area (Å²) in [7, 11) is 1.58. The Bertz CT molecular complexity index is 499. The molecule has 1 amide bonds. The van der Waals surface area contributed by atoms with Crippen molar-refractivity contribution in [1.82, 2.24) is 4.90 Å². The molecule has 2 rings (SSSR count). The van der Waals surface area contributed by atoms with Crippen molar-refractivity contribution in [2.24, 2.45) is 5.92 Å².